The molecule has 0 saturated heterocycles. The van der Waals surface area contributed by atoms with Gasteiger partial charge in [0.05, 0.1) is 16.8 Å². The monoisotopic (exact) mass is 420 g/mol. The molecule has 0 radical (unpaired) electrons. The zero-order chi connectivity index (χ0) is 20.5. The molecule has 5 heteroatoms. The molecule has 4 rings (SSSR count). The SMILES string of the molecule is Cc1cc(C)c2nc(-c3ccc(Cl)cc3)cc(C(=O)Nc3ccc(Cl)cc3)c2c1. The minimum atomic E-state index is -0.195. The highest BCUT2D eigenvalue weighted by molar-refractivity contribution is 6.31. The number of hydrogen-bond acceptors (Lipinski definition) is 2. The van der Waals surface area contributed by atoms with Gasteiger partial charge < -0.3 is 5.32 Å². The van der Waals surface area contributed by atoms with E-state index in [1.807, 2.05) is 50.2 Å². The van der Waals surface area contributed by atoms with E-state index < -0.39 is 0 Å². The zero-order valence-corrected chi connectivity index (χ0v) is 17.5. The first-order valence-corrected chi connectivity index (χ1v) is 9.91. The Morgan fingerprint density at radius 1 is 0.862 bits per heavy atom. The van der Waals surface area contributed by atoms with Gasteiger partial charge in [0.1, 0.15) is 0 Å². The van der Waals surface area contributed by atoms with Crippen LogP contribution in [0, 0.1) is 13.8 Å². The molecule has 0 unspecified atom stereocenters. The van der Waals surface area contributed by atoms with Crippen molar-refractivity contribution in [1.82, 2.24) is 4.98 Å². The fraction of sp³-hybridized carbons (Fsp3) is 0.0833. The number of amides is 1. The summed E-state index contributed by atoms with van der Waals surface area (Å²) in [4.78, 5) is 18.0. The van der Waals surface area contributed by atoms with Gasteiger partial charge in [0.2, 0.25) is 0 Å². The molecule has 0 spiro atoms. The molecule has 29 heavy (non-hydrogen) atoms. The van der Waals surface area contributed by atoms with E-state index >= 15 is 0 Å². The first kappa shape index (κ1) is 19.4. The summed E-state index contributed by atoms with van der Waals surface area (Å²) in [7, 11) is 0. The van der Waals surface area contributed by atoms with Crippen molar-refractivity contribution in [2.24, 2.45) is 0 Å². The van der Waals surface area contributed by atoms with Gasteiger partial charge in [-0.05, 0) is 67.9 Å². The Bertz CT molecular complexity index is 1220. The molecule has 3 aromatic carbocycles. The minimum absolute atomic E-state index is 0.195. The van der Waals surface area contributed by atoms with E-state index in [0.717, 1.165) is 33.3 Å². The van der Waals surface area contributed by atoms with Crippen molar-refractivity contribution in [2.75, 3.05) is 5.32 Å². The lowest BCUT2D eigenvalue weighted by atomic mass is 9.99. The van der Waals surface area contributed by atoms with E-state index in [0.29, 0.717) is 21.3 Å². The van der Waals surface area contributed by atoms with Gasteiger partial charge in [-0.2, -0.15) is 0 Å². The fourth-order valence-corrected chi connectivity index (χ4v) is 3.62. The Balaban J connectivity index is 1.86. The molecule has 3 nitrogen and oxygen atoms in total. The average molecular weight is 421 g/mol. The topological polar surface area (TPSA) is 42.0 Å². The Morgan fingerprint density at radius 2 is 1.48 bits per heavy atom. The maximum absolute atomic E-state index is 13.2. The molecule has 0 atom stereocenters. The Labute approximate surface area is 179 Å². The number of fused-ring (bicyclic) bond motifs is 1. The number of pyridine rings is 1. The third kappa shape index (κ3) is 4.12. The molecule has 4 aromatic rings. The smallest absolute Gasteiger partial charge is 0.256 e. The van der Waals surface area contributed by atoms with Crippen molar-refractivity contribution >= 4 is 45.7 Å². The summed E-state index contributed by atoms with van der Waals surface area (Å²) in [5.41, 5.74) is 5.79. The standard InChI is InChI=1S/C24H18Cl2N2O/c1-14-11-15(2)23-20(12-14)21(24(29)27-19-9-7-18(26)8-10-19)13-22(28-23)16-3-5-17(25)6-4-16/h3-13H,1-2H3,(H,27,29). The van der Waals surface area contributed by atoms with Crippen molar-refractivity contribution in [3.05, 3.63) is 93.5 Å². The van der Waals surface area contributed by atoms with Gasteiger partial charge in [-0.25, -0.2) is 4.98 Å². The summed E-state index contributed by atoms with van der Waals surface area (Å²) in [5.74, 6) is -0.195. The lowest BCUT2D eigenvalue weighted by molar-refractivity contribution is 0.102. The quantitative estimate of drug-likeness (QED) is 0.384. The number of benzene rings is 3. The van der Waals surface area contributed by atoms with Crippen LogP contribution in [0.5, 0.6) is 0 Å². The Morgan fingerprint density at radius 3 is 2.14 bits per heavy atom. The van der Waals surface area contributed by atoms with Crippen LogP contribution in [-0.2, 0) is 0 Å². The highest BCUT2D eigenvalue weighted by atomic mass is 35.5. The molecule has 0 saturated carbocycles. The first-order chi connectivity index (χ1) is 13.9. The van der Waals surface area contributed by atoms with Crippen LogP contribution in [-0.4, -0.2) is 10.9 Å². The number of carbonyl (C=O) groups is 1. The van der Waals surface area contributed by atoms with Crippen molar-refractivity contribution in [1.29, 1.82) is 0 Å². The number of hydrogen-bond donors (Lipinski definition) is 1. The molecule has 1 amide bonds. The van der Waals surface area contributed by atoms with E-state index in [4.69, 9.17) is 28.2 Å². The lowest BCUT2D eigenvalue weighted by Crippen LogP contribution is -2.13. The number of nitrogens with one attached hydrogen (secondary N) is 1. The van der Waals surface area contributed by atoms with E-state index in [1.54, 1.807) is 24.3 Å². The molecule has 0 aliphatic heterocycles. The number of nitrogens with zero attached hydrogens (tertiary/aromatic N) is 1. The predicted octanol–water partition coefficient (Wildman–Crippen LogP) is 7.08. The second-order valence-electron chi connectivity index (χ2n) is 7.00. The van der Waals surface area contributed by atoms with E-state index in [1.165, 1.54) is 0 Å². The van der Waals surface area contributed by atoms with Crippen LogP contribution in [0.2, 0.25) is 10.0 Å². The van der Waals surface area contributed by atoms with Gasteiger partial charge in [0, 0.05) is 26.7 Å². The number of aromatic nitrogens is 1. The second kappa shape index (κ2) is 7.86. The summed E-state index contributed by atoms with van der Waals surface area (Å²) < 4.78 is 0. The van der Waals surface area contributed by atoms with Gasteiger partial charge in [0.15, 0.2) is 0 Å². The van der Waals surface area contributed by atoms with Gasteiger partial charge in [-0.15, -0.1) is 0 Å². The molecule has 0 aliphatic rings. The van der Waals surface area contributed by atoms with Crippen LogP contribution in [0.4, 0.5) is 5.69 Å². The lowest BCUT2D eigenvalue weighted by Gasteiger charge is -2.13. The minimum Gasteiger partial charge on any atom is -0.322 e. The van der Waals surface area contributed by atoms with Gasteiger partial charge in [-0.3, -0.25) is 4.79 Å². The van der Waals surface area contributed by atoms with Gasteiger partial charge in [-0.1, -0.05) is 47.0 Å². The predicted molar refractivity (Wildman–Crippen MR) is 121 cm³/mol. The van der Waals surface area contributed by atoms with Gasteiger partial charge in [0.25, 0.3) is 5.91 Å². The number of carbonyl (C=O) groups excluding carboxylic acids is 1. The summed E-state index contributed by atoms with van der Waals surface area (Å²) in [6.45, 7) is 4.02. The molecule has 0 fully saturated rings. The molecule has 1 heterocycles. The van der Waals surface area contributed by atoms with Crippen LogP contribution < -0.4 is 5.32 Å². The first-order valence-electron chi connectivity index (χ1n) is 9.15. The van der Waals surface area contributed by atoms with Crippen LogP contribution in [0.1, 0.15) is 21.5 Å². The average Bonchev–Trinajstić information content (AvgIpc) is 2.69. The third-order valence-electron chi connectivity index (χ3n) is 4.74. The molecule has 1 N–H and O–H groups in total. The van der Waals surface area contributed by atoms with E-state index in [-0.39, 0.29) is 5.91 Å². The van der Waals surface area contributed by atoms with Crippen LogP contribution in [0.15, 0.2) is 66.7 Å². The van der Waals surface area contributed by atoms with Crippen molar-refractivity contribution in [3.63, 3.8) is 0 Å². The van der Waals surface area contributed by atoms with Crippen molar-refractivity contribution in [3.8, 4) is 11.3 Å². The second-order valence-corrected chi connectivity index (χ2v) is 7.87. The maximum atomic E-state index is 13.2. The molecule has 0 aliphatic carbocycles. The van der Waals surface area contributed by atoms with Crippen molar-refractivity contribution < 1.29 is 4.79 Å². The van der Waals surface area contributed by atoms with Crippen LogP contribution in [0.3, 0.4) is 0 Å². The zero-order valence-electron chi connectivity index (χ0n) is 16.0. The third-order valence-corrected chi connectivity index (χ3v) is 5.24. The van der Waals surface area contributed by atoms with Crippen LogP contribution in [0.25, 0.3) is 22.2 Å². The normalized spacial score (nSPS) is 10.9. The van der Waals surface area contributed by atoms with E-state index in [9.17, 15) is 4.79 Å². The summed E-state index contributed by atoms with van der Waals surface area (Å²) in [6, 6.07) is 20.4. The Hall–Kier alpha value is -2.88. The number of rotatable bonds is 3. The molecular formula is C24H18Cl2N2O. The molecule has 144 valence electrons. The van der Waals surface area contributed by atoms with Gasteiger partial charge >= 0.3 is 0 Å². The molecular weight excluding hydrogens is 403 g/mol. The number of halogens is 2. The summed E-state index contributed by atoms with van der Waals surface area (Å²) in [6.07, 6.45) is 0. The molecule has 0 bridgehead atoms. The van der Waals surface area contributed by atoms with Crippen LogP contribution >= 0.6 is 23.2 Å². The highest BCUT2D eigenvalue weighted by Gasteiger charge is 2.16. The number of anilines is 1. The number of aryl methyl sites for hydroxylation is 2. The largest absolute Gasteiger partial charge is 0.322 e. The molecule has 1 aromatic heterocycles. The van der Waals surface area contributed by atoms with Crippen molar-refractivity contribution in [2.45, 2.75) is 13.8 Å². The summed E-state index contributed by atoms with van der Waals surface area (Å²) in [5, 5.41) is 5.06. The Kier molecular flexibility index (Phi) is 5.27. The highest BCUT2D eigenvalue weighted by Crippen LogP contribution is 2.29. The van der Waals surface area contributed by atoms with E-state index in [2.05, 4.69) is 11.4 Å². The fourth-order valence-electron chi connectivity index (χ4n) is 3.37. The maximum Gasteiger partial charge on any atom is 0.256 e. The summed E-state index contributed by atoms with van der Waals surface area (Å²) >= 11 is 12.0.